The van der Waals surface area contributed by atoms with Gasteiger partial charge in [0.1, 0.15) is 0 Å². The predicted octanol–water partition coefficient (Wildman–Crippen LogP) is 1.85. The number of hydrogen-bond donors (Lipinski definition) is 2. The minimum absolute atomic E-state index is 0.154. The van der Waals surface area contributed by atoms with Crippen LogP contribution in [0.1, 0.15) is 38.5 Å². The molecule has 0 heterocycles. The molecule has 4 fully saturated rings. The first-order valence-corrected chi connectivity index (χ1v) is 7.32. The zero-order valence-corrected chi connectivity index (χ0v) is 11.1. The smallest absolute Gasteiger partial charge is 0.234 e. The topological polar surface area (TPSA) is 41.1 Å². The van der Waals surface area contributed by atoms with Gasteiger partial charge < -0.3 is 10.6 Å². The largest absolute Gasteiger partial charge is 0.350 e. The molecule has 4 rings (SSSR count). The van der Waals surface area contributed by atoms with Gasteiger partial charge in [0.15, 0.2) is 0 Å². The number of amides is 1. The van der Waals surface area contributed by atoms with Crippen molar-refractivity contribution in [2.24, 2.45) is 17.8 Å². The molecule has 18 heavy (non-hydrogen) atoms. The van der Waals surface area contributed by atoms with Gasteiger partial charge in [0.25, 0.3) is 0 Å². The number of hydrogen-bond acceptors (Lipinski definition) is 2. The van der Waals surface area contributed by atoms with E-state index < -0.39 is 0 Å². The van der Waals surface area contributed by atoms with E-state index in [-0.39, 0.29) is 11.4 Å². The van der Waals surface area contributed by atoms with Gasteiger partial charge in [0, 0.05) is 12.1 Å². The summed E-state index contributed by atoms with van der Waals surface area (Å²) in [7, 11) is 0. The molecule has 100 valence electrons. The monoisotopic (exact) mass is 248 g/mol. The highest BCUT2D eigenvalue weighted by molar-refractivity contribution is 5.79. The van der Waals surface area contributed by atoms with E-state index in [0.717, 1.165) is 17.8 Å². The number of rotatable bonds is 5. The maximum absolute atomic E-state index is 12.0. The highest BCUT2D eigenvalue weighted by atomic mass is 16.2. The van der Waals surface area contributed by atoms with E-state index in [1.165, 1.54) is 38.5 Å². The molecule has 3 nitrogen and oxygen atoms in total. The van der Waals surface area contributed by atoms with Crippen molar-refractivity contribution >= 4 is 5.91 Å². The number of carbonyl (C=O) groups is 1. The van der Waals surface area contributed by atoms with E-state index >= 15 is 0 Å². The van der Waals surface area contributed by atoms with Crippen LogP contribution in [0.2, 0.25) is 0 Å². The van der Waals surface area contributed by atoms with Crippen LogP contribution in [-0.2, 0) is 4.79 Å². The SMILES string of the molecule is C=CCNCC(=O)NC12CC3CC(CC(C3)C1)C2. The Morgan fingerprint density at radius 3 is 2.22 bits per heavy atom. The number of nitrogens with one attached hydrogen (secondary N) is 2. The van der Waals surface area contributed by atoms with Gasteiger partial charge in [-0.05, 0) is 56.3 Å². The molecule has 0 aromatic rings. The van der Waals surface area contributed by atoms with E-state index in [9.17, 15) is 4.79 Å². The molecule has 3 heteroatoms. The van der Waals surface area contributed by atoms with E-state index in [4.69, 9.17) is 0 Å². The van der Waals surface area contributed by atoms with Gasteiger partial charge >= 0.3 is 0 Å². The molecule has 0 atom stereocenters. The first-order valence-electron chi connectivity index (χ1n) is 7.32. The van der Waals surface area contributed by atoms with Crippen LogP contribution in [0.15, 0.2) is 12.7 Å². The summed E-state index contributed by atoms with van der Waals surface area (Å²) in [4.78, 5) is 12.0. The Kier molecular flexibility index (Phi) is 3.18. The van der Waals surface area contributed by atoms with Crippen molar-refractivity contribution in [3.8, 4) is 0 Å². The fourth-order valence-corrected chi connectivity index (χ4v) is 4.89. The van der Waals surface area contributed by atoms with Gasteiger partial charge in [-0.1, -0.05) is 6.08 Å². The summed E-state index contributed by atoms with van der Waals surface area (Å²) in [6, 6.07) is 0. The maximum atomic E-state index is 12.0. The summed E-state index contributed by atoms with van der Waals surface area (Å²) in [5.41, 5.74) is 0.154. The molecule has 0 spiro atoms. The molecular weight excluding hydrogens is 224 g/mol. The van der Waals surface area contributed by atoms with Crippen molar-refractivity contribution in [3.63, 3.8) is 0 Å². The molecule has 0 unspecified atom stereocenters. The molecule has 4 saturated carbocycles. The molecule has 0 aromatic heterocycles. The first kappa shape index (κ1) is 12.2. The average molecular weight is 248 g/mol. The quantitative estimate of drug-likeness (QED) is 0.576. The van der Waals surface area contributed by atoms with E-state index in [0.29, 0.717) is 13.1 Å². The molecule has 4 aliphatic carbocycles. The zero-order chi connectivity index (χ0) is 12.6. The first-order chi connectivity index (χ1) is 8.69. The molecule has 1 amide bonds. The van der Waals surface area contributed by atoms with Crippen molar-refractivity contribution in [2.75, 3.05) is 13.1 Å². The summed E-state index contributed by atoms with van der Waals surface area (Å²) >= 11 is 0. The lowest BCUT2D eigenvalue weighted by atomic mass is 9.53. The second-order valence-electron chi connectivity index (χ2n) is 6.67. The van der Waals surface area contributed by atoms with Gasteiger partial charge in [-0.15, -0.1) is 6.58 Å². The third-order valence-electron chi connectivity index (χ3n) is 5.02. The molecule has 0 aromatic carbocycles. The molecule has 0 aliphatic heterocycles. The van der Waals surface area contributed by atoms with Gasteiger partial charge in [0.2, 0.25) is 5.91 Å². The highest BCUT2D eigenvalue weighted by Gasteiger charge is 2.51. The van der Waals surface area contributed by atoms with Gasteiger partial charge in [-0.3, -0.25) is 4.79 Å². The van der Waals surface area contributed by atoms with Crippen molar-refractivity contribution in [2.45, 2.75) is 44.1 Å². The fraction of sp³-hybridized carbons (Fsp3) is 0.800. The Bertz CT molecular complexity index is 315. The van der Waals surface area contributed by atoms with E-state index in [1.54, 1.807) is 6.08 Å². The van der Waals surface area contributed by atoms with Gasteiger partial charge in [-0.25, -0.2) is 0 Å². The number of carbonyl (C=O) groups excluding carboxylic acids is 1. The summed E-state index contributed by atoms with van der Waals surface area (Å²) in [5, 5.41) is 6.43. The van der Waals surface area contributed by atoms with Crippen LogP contribution in [0.5, 0.6) is 0 Å². The van der Waals surface area contributed by atoms with Crippen molar-refractivity contribution in [1.29, 1.82) is 0 Å². The molecular formula is C15H24N2O. The van der Waals surface area contributed by atoms with Crippen LogP contribution in [0.4, 0.5) is 0 Å². The molecule has 2 N–H and O–H groups in total. The summed E-state index contributed by atoms with van der Waals surface area (Å²) in [5.74, 6) is 2.83. The lowest BCUT2D eigenvalue weighted by molar-refractivity contribution is -0.125. The molecule has 0 saturated heterocycles. The third kappa shape index (κ3) is 2.33. The van der Waals surface area contributed by atoms with Crippen LogP contribution >= 0.6 is 0 Å². The zero-order valence-electron chi connectivity index (χ0n) is 11.1. The Balaban J connectivity index is 1.58. The predicted molar refractivity (Wildman–Crippen MR) is 72.1 cm³/mol. The molecule has 0 radical (unpaired) electrons. The minimum atomic E-state index is 0.154. The van der Waals surface area contributed by atoms with Crippen molar-refractivity contribution < 1.29 is 4.79 Å². The summed E-state index contributed by atoms with van der Waals surface area (Å²) in [6.07, 6.45) is 9.74. The molecule has 4 bridgehead atoms. The van der Waals surface area contributed by atoms with Crippen LogP contribution < -0.4 is 10.6 Å². The Morgan fingerprint density at radius 1 is 1.17 bits per heavy atom. The average Bonchev–Trinajstić information content (AvgIpc) is 2.26. The van der Waals surface area contributed by atoms with Crippen LogP contribution in [-0.4, -0.2) is 24.5 Å². The Labute approximate surface area is 109 Å². The van der Waals surface area contributed by atoms with Crippen LogP contribution in [0.25, 0.3) is 0 Å². The highest BCUT2D eigenvalue weighted by Crippen LogP contribution is 2.55. The maximum Gasteiger partial charge on any atom is 0.234 e. The van der Waals surface area contributed by atoms with Gasteiger partial charge in [-0.2, -0.15) is 0 Å². The Hall–Kier alpha value is -0.830. The second kappa shape index (κ2) is 4.69. The summed E-state index contributed by atoms with van der Waals surface area (Å²) in [6.45, 7) is 4.77. The Morgan fingerprint density at radius 2 is 1.72 bits per heavy atom. The normalized spacial score (nSPS) is 40.8. The third-order valence-corrected chi connectivity index (χ3v) is 5.02. The fourth-order valence-electron chi connectivity index (χ4n) is 4.89. The van der Waals surface area contributed by atoms with E-state index in [1.807, 2.05) is 0 Å². The molecule has 4 aliphatic rings. The van der Waals surface area contributed by atoms with E-state index in [2.05, 4.69) is 17.2 Å². The summed E-state index contributed by atoms with van der Waals surface area (Å²) < 4.78 is 0. The standard InChI is InChI=1S/C15H24N2O/c1-2-3-16-10-14(18)17-15-7-11-4-12(8-15)6-13(5-11)9-15/h2,11-13,16H,1,3-10H2,(H,17,18). The van der Waals surface area contributed by atoms with Crippen LogP contribution in [0.3, 0.4) is 0 Å². The van der Waals surface area contributed by atoms with Gasteiger partial charge in [0.05, 0.1) is 6.54 Å². The van der Waals surface area contributed by atoms with Crippen LogP contribution in [0, 0.1) is 17.8 Å². The minimum Gasteiger partial charge on any atom is -0.350 e. The van der Waals surface area contributed by atoms with Crippen molar-refractivity contribution in [1.82, 2.24) is 10.6 Å². The lowest BCUT2D eigenvalue weighted by Gasteiger charge is -2.56. The second-order valence-corrected chi connectivity index (χ2v) is 6.67. The van der Waals surface area contributed by atoms with Crippen molar-refractivity contribution in [3.05, 3.63) is 12.7 Å². The lowest BCUT2D eigenvalue weighted by Crippen LogP contribution is -2.60.